The van der Waals surface area contributed by atoms with Crippen molar-refractivity contribution in [1.82, 2.24) is 14.8 Å². The van der Waals surface area contributed by atoms with Crippen LogP contribution in [0, 0.1) is 5.92 Å². The summed E-state index contributed by atoms with van der Waals surface area (Å²) in [4.78, 5) is 34.1. The van der Waals surface area contributed by atoms with Crippen LogP contribution in [0.25, 0.3) is 10.9 Å². The van der Waals surface area contributed by atoms with Crippen LogP contribution >= 0.6 is 0 Å². The maximum absolute atomic E-state index is 13.3. The third-order valence-electron chi connectivity index (χ3n) is 6.37. The first-order valence-electron chi connectivity index (χ1n) is 9.63. The summed E-state index contributed by atoms with van der Waals surface area (Å²) in [5.41, 5.74) is 0.880. The molecular weight excluding hydrogens is 342 g/mol. The van der Waals surface area contributed by atoms with Crippen LogP contribution in [0.3, 0.4) is 0 Å². The highest BCUT2D eigenvalue weighted by molar-refractivity contribution is 5.99. The molecule has 4 heterocycles. The summed E-state index contributed by atoms with van der Waals surface area (Å²) >= 11 is 0. The van der Waals surface area contributed by atoms with Gasteiger partial charge in [-0.15, -0.1) is 0 Å². The molecule has 140 valence electrons. The van der Waals surface area contributed by atoms with Crippen molar-refractivity contribution >= 4 is 22.7 Å². The van der Waals surface area contributed by atoms with Gasteiger partial charge >= 0.3 is 0 Å². The second-order valence-corrected chi connectivity index (χ2v) is 8.11. The van der Waals surface area contributed by atoms with E-state index >= 15 is 0 Å². The van der Waals surface area contributed by atoms with E-state index in [1.54, 1.807) is 6.20 Å². The zero-order valence-corrected chi connectivity index (χ0v) is 15.6. The highest BCUT2D eigenvalue weighted by atomic mass is 16.5. The molecule has 27 heavy (non-hydrogen) atoms. The topological polar surface area (TPSA) is 62.7 Å². The lowest BCUT2D eigenvalue weighted by atomic mass is 10.0. The molecule has 3 saturated heterocycles. The van der Waals surface area contributed by atoms with Crippen molar-refractivity contribution in [3.05, 3.63) is 42.1 Å². The van der Waals surface area contributed by atoms with Crippen LogP contribution in [0.15, 0.2) is 36.5 Å². The maximum atomic E-state index is 13.3. The average Bonchev–Trinajstić information content (AvgIpc) is 3.30. The Hall–Kier alpha value is -2.47. The van der Waals surface area contributed by atoms with Crippen LogP contribution in [0.2, 0.25) is 0 Å². The summed E-state index contributed by atoms with van der Waals surface area (Å²) < 4.78 is 6.22. The summed E-state index contributed by atoms with van der Waals surface area (Å²) in [6.45, 7) is 5.41. The fourth-order valence-electron chi connectivity index (χ4n) is 4.99. The molecule has 0 aliphatic carbocycles. The van der Waals surface area contributed by atoms with E-state index in [1.165, 1.54) is 0 Å². The lowest BCUT2D eigenvalue weighted by molar-refractivity contribution is -0.139. The number of fused-ring (bicyclic) bond motifs is 1. The fourth-order valence-corrected chi connectivity index (χ4v) is 4.99. The molecule has 0 bridgehead atoms. The number of nitrogens with zero attached hydrogens (tertiary/aromatic N) is 3. The molecular formula is C21H23N3O3. The smallest absolute Gasteiger partial charge is 0.254 e. The molecule has 2 aromatic rings. The van der Waals surface area contributed by atoms with Crippen LogP contribution in [-0.4, -0.2) is 57.6 Å². The molecule has 3 fully saturated rings. The van der Waals surface area contributed by atoms with Gasteiger partial charge in [0.1, 0.15) is 0 Å². The minimum atomic E-state index is -0.625. The molecule has 1 spiro atoms. The van der Waals surface area contributed by atoms with Gasteiger partial charge in [-0.05, 0) is 30.2 Å². The van der Waals surface area contributed by atoms with Gasteiger partial charge in [0.05, 0.1) is 30.6 Å². The van der Waals surface area contributed by atoms with Crippen LogP contribution in [-0.2, 0) is 9.53 Å². The maximum Gasteiger partial charge on any atom is 0.254 e. The Balaban J connectivity index is 1.47. The number of aromatic nitrogens is 1. The fraction of sp³-hybridized carbons (Fsp3) is 0.476. The van der Waals surface area contributed by atoms with E-state index in [-0.39, 0.29) is 23.9 Å². The Morgan fingerprint density at radius 2 is 2.19 bits per heavy atom. The highest BCUT2D eigenvalue weighted by Crippen LogP contribution is 2.49. The van der Waals surface area contributed by atoms with Gasteiger partial charge in [0.25, 0.3) is 5.91 Å². The van der Waals surface area contributed by atoms with Crippen molar-refractivity contribution in [2.75, 3.05) is 13.2 Å². The molecule has 5 rings (SSSR count). The van der Waals surface area contributed by atoms with E-state index in [1.807, 2.05) is 40.1 Å². The third kappa shape index (κ3) is 2.26. The van der Waals surface area contributed by atoms with Crippen molar-refractivity contribution in [1.29, 1.82) is 0 Å². The summed E-state index contributed by atoms with van der Waals surface area (Å²) in [5, 5.41) is 0.943. The normalized spacial score (nSPS) is 29.7. The van der Waals surface area contributed by atoms with Gasteiger partial charge in [-0.1, -0.05) is 19.9 Å². The van der Waals surface area contributed by atoms with E-state index in [2.05, 4.69) is 18.8 Å². The van der Waals surface area contributed by atoms with Crippen molar-refractivity contribution in [3.8, 4) is 0 Å². The van der Waals surface area contributed by atoms with Crippen molar-refractivity contribution in [2.24, 2.45) is 5.92 Å². The number of pyridine rings is 1. The van der Waals surface area contributed by atoms with Gasteiger partial charge in [0.2, 0.25) is 5.91 Å². The predicted molar refractivity (Wildman–Crippen MR) is 100.0 cm³/mol. The van der Waals surface area contributed by atoms with E-state index in [9.17, 15) is 9.59 Å². The molecule has 3 aliphatic rings. The summed E-state index contributed by atoms with van der Waals surface area (Å²) in [6.07, 6.45) is 2.78. The van der Waals surface area contributed by atoms with E-state index < -0.39 is 5.72 Å². The number of amides is 2. The predicted octanol–water partition coefficient (Wildman–Crippen LogP) is 2.43. The number of hydrogen-bond donors (Lipinski definition) is 0. The zero-order chi connectivity index (χ0) is 18.8. The summed E-state index contributed by atoms with van der Waals surface area (Å²) in [7, 11) is 0. The minimum Gasteiger partial charge on any atom is -0.351 e. The first kappa shape index (κ1) is 16.7. The monoisotopic (exact) mass is 365 g/mol. The van der Waals surface area contributed by atoms with Gasteiger partial charge in [-0.3, -0.25) is 14.6 Å². The molecule has 1 aromatic heterocycles. The third-order valence-corrected chi connectivity index (χ3v) is 6.37. The lowest BCUT2D eigenvalue weighted by Gasteiger charge is -2.34. The second-order valence-electron chi connectivity index (χ2n) is 8.11. The molecule has 0 unspecified atom stereocenters. The largest absolute Gasteiger partial charge is 0.351 e. The van der Waals surface area contributed by atoms with Crippen LogP contribution < -0.4 is 0 Å². The number of carbonyl (C=O) groups is 2. The second kappa shape index (κ2) is 5.76. The van der Waals surface area contributed by atoms with E-state index in [4.69, 9.17) is 4.74 Å². The zero-order valence-electron chi connectivity index (χ0n) is 15.6. The Kier molecular flexibility index (Phi) is 3.56. The first-order valence-corrected chi connectivity index (χ1v) is 9.63. The Morgan fingerprint density at radius 3 is 3.00 bits per heavy atom. The van der Waals surface area contributed by atoms with Gasteiger partial charge < -0.3 is 14.5 Å². The van der Waals surface area contributed by atoms with E-state index in [0.717, 1.165) is 10.9 Å². The van der Waals surface area contributed by atoms with Crippen molar-refractivity contribution in [3.63, 3.8) is 0 Å². The van der Waals surface area contributed by atoms with Crippen LogP contribution in [0.1, 0.15) is 37.0 Å². The molecule has 0 N–H and O–H groups in total. The molecule has 0 radical (unpaired) electrons. The van der Waals surface area contributed by atoms with Gasteiger partial charge in [0, 0.05) is 30.1 Å². The molecule has 1 aromatic carbocycles. The number of carbonyl (C=O) groups excluding carboxylic acids is 2. The van der Waals surface area contributed by atoms with Crippen molar-refractivity contribution < 1.29 is 14.3 Å². The quantitative estimate of drug-likeness (QED) is 0.820. The number of hydrogen-bond acceptors (Lipinski definition) is 4. The van der Waals surface area contributed by atoms with Gasteiger partial charge in [0.15, 0.2) is 5.72 Å². The van der Waals surface area contributed by atoms with Crippen LogP contribution in [0.5, 0.6) is 0 Å². The SMILES string of the molecule is CC(C)[C@@H]1CO[C@@]23CCN(C(=O)c4ccc5ncccc5c4)[C@@H]2CC(=O)N13. The molecule has 2 amide bonds. The number of benzene rings is 1. The molecule has 0 saturated carbocycles. The van der Waals surface area contributed by atoms with Crippen LogP contribution in [0.4, 0.5) is 0 Å². The van der Waals surface area contributed by atoms with E-state index in [0.29, 0.717) is 37.5 Å². The number of rotatable bonds is 2. The molecule has 6 nitrogen and oxygen atoms in total. The number of ether oxygens (including phenoxy) is 1. The summed E-state index contributed by atoms with van der Waals surface area (Å²) in [6, 6.07) is 9.31. The molecule has 6 heteroatoms. The molecule has 3 atom stereocenters. The lowest BCUT2D eigenvalue weighted by Crippen LogP contribution is -2.51. The summed E-state index contributed by atoms with van der Waals surface area (Å²) in [5.74, 6) is 0.412. The standard InChI is InChI=1S/C21H23N3O3/c1-13(2)17-12-27-21-7-9-23(18(21)11-19(25)24(17)21)20(26)15-5-6-16-14(10-15)4-3-8-22-16/h3-6,8,10,13,17-18H,7,9,11-12H2,1-2H3/t17-,18+,21-/m0/s1. The number of likely N-dealkylation sites (tertiary alicyclic amines) is 1. The van der Waals surface area contributed by atoms with Crippen molar-refractivity contribution in [2.45, 2.75) is 44.5 Å². The minimum absolute atomic E-state index is 0.0334. The average molecular weight is 365 g/mol. The highest BCUT2D eigenvalue weighted by Gasteiger charge is 2.65. The van der Waals surface area contributed by atoms with Gasteiger partial charge in [-0.25, -0.2) is 0 Å². The molecule has 3 aliphatic heterocycles. The van der Waals surface area contributed by atoms with Gasteiger partial charge in [-0.2, -0.15) is 0 Å². The first-order chi connectivity index (χ1) is 13.0. The Labute approximate surface area is 158 Å². The Bertz CT molecular complexity index is 943. The Morgan fingerprint density at radius 1 is 1.33 bits per heavy atom.